The highest BCUT2D eigenvalue weighted by Crippen LogP contribution is 2.61. The van der Waals surface area contributed by atoms with Crippen molar-refractivity contribution in [1.29, 1.82) is 0 Å². The van der Waals surface area contributed by atoms with E-state index in [-0.39, 0.29) is 0 Å². The molecule has 0 aliphatic heterocycles. The molecule has 8 bridgehead atoms. The highest BCUT2D eigenvalue weighted by molar-refractivity contribution is 5.02. The van der Waals surface area contributed by atoms with E-state index in [1.165, 1.54) is 0 Å². The Bertz CT molecular complexity index is 420. The highest BCUT2D eigenvalue weighted by Gasteiger charge is 2.52. The minimum Gasteiger partial charge on any atom is -0.0622 e. The molecule has 0 aromatic carbocycles. The van der Waals surface area contributed by atoms with Gasteiger partial charge in [0.2, 0.25) is 0 Å². The molecule has 1 atom stereocenters. The van der Waals surface area contributed by atoms with Crippen molar-refractivity contribution in [3.8, 4) is 0 Å². The molecule has 8 aliphatic carbocycles. The summed E-state index contributed by atoms with van der Waals surface area (Å²) in [6, 6.07) is 0. The summed E-state index contributed by atoms with van der Waals surface area (Å²) in [7, 11) is 0. The second-order valence-electron chi connectivity index (χ2n) is 11.3. The van der Waals surface area contributed by atoms with E-state index in [4.69, 9.17) is 0 Å². The molecular formula is C23H36. The van der Waals surface area contributed by atoms with Crippen molar-refractivity contribution in [3.63, 3.8) is 0 Å². The van der Waals surface area contributed by atoms with E-state index >= 15 is 0 Å². The van der Waals surface area contributed by atoms with Gasteiger partial charge in [-0.05, 0) is 136 Å². The molecular weight excluding hydrogens is 276 g/mol. The van der Waals surface area contributed by atoms with Crippen LogP contribution >= 0.6 is 0 Å². The first kappa shape index (κ1) is 14.2. The summed E-state index contributed by atoms with van der Waals surface area (Å²) in [6.45, 7) is 2.69. The van der Waals surface area contributed by atoms with Crippen LogP contribution in [0, 0.1) is 65.1 Å². The Hall–Kier alpha value is 0. The Labute approximate surface area is 143 Å². The Morgan fingerprint density at radius 1 is 0.565 bits per heavy atom. The third-order valence-electron chi connectivity index (χ3n) is 10.0. The average Bonchev–Trinajstić information content (AvgIpc) is 2.49. The summed E-state index contributed by atoms with van der Waals surface area (Å²) >= 11 is 0. The van der Waals surface area contributed by atoms with E-state index in [9.17, 15) is 0 Å². The summed E-state index contributed by atoms with van der Waals surface area (Å²) < 4.78 is 0. The van der Waals surface area contributed by atoms with Crippen molar-refractivity contribution in [3.05, 3.63) is 0 Å². The molecule has 8 aliphatic rings. The first-order valence-corrected chi connectivity index (χ1v) is 11.2. The van der Waals surface area contributed by atoms with Crippen molar-refractivity contribution in [2.45, 2.75) is 77.6 Å². The normalized spacial score (nSPS) is 60.4. The molecule has 128 valence electrons. The van der Waals surface area contributed by atoms with Gasteiger partial charge in [0.05, 0.1) is 0 Å². The van der Waals surface area contributed by atoms with Crippen LogP contribution in [0.25, 0.3) is 0 Å². The van der Waals surface area contributed by atoms with E-state index in [0.29, 0.717) is 0 Å². The third-order valence-corrected chi connectivity index (χ3v) is 10.0. The van der Waals surface area contributed by atoms with E-state index in [0.717, 1.165) is 65.1 Å². The van der Waals surface area contributed by atoms with Gasteiger partial charge in [-0.1, -0.05) is 6.92 Å². The number of hydrogen-bond acceptors (Lipinski definition) is 0. The summed E-state index contributed by atoms with van der Waals surface area (Å²) in [5.74, 6) is 12.6. The molecule has 0 heteroatoms. The lowest BCUT2D eigenvalue weighted by molar-refractivity contribution is -0.0834. The average molecular weight is 313 g/mol. The Morgan fingerprint density at radius 3 is 1.39 bits per heavy atom. The molecule has 0 saturated heterocycles. The molecule has 0 N–H and O–H groups in total. The Balaban J connectivity index is 1.18. The van der Waals surface area contributed by atoms with Crippen molar-refractivity contribution in [2.24, 2.45) is 65.1 Å². The fraction of sp³-hybridized carbons (Fsp3) is 1.00. The van der Waals surface area contributed by atoms with Crippen LogP contribution in [0.4, 0.5) is 0 Å². The summed E-state index contributed by atoms with van der Waals surface area (Å²) in [5, 5.41) is 0. The van der Waals surface area contributed by atoms with Crippen LogP contribution in [-0.2, 0) is 0 Å². The first-order valence-electron chi connectivity index (χ1n) is 11.2. The molecule has 8 saturated carbocycles. The predicted octanol–water partition coefficient (Wildman–Crippen LogP) is 6.16. The zero-order chi connectivity index (χ0) is 15.1. The standard InChI is InChI=1S/C23H36/c1-13(23-20-9-16-4-17(11-20)12-21(23)10-16)2-22-18-5-14-3-15(7-18)8-19(22)6-14/h13-23H,2-12H2,1H3. The zero-order valence-electron chi connectivity index (χ0n) is 15.1. The zero-order valence-corrected chi connectivity index (χ0v) is 15.1. The molecule has 23 heavy (non-hydrogen) atoms. The molecule has 0 amide bonds. The maximum Gasteiger partial charge on any atom is -0.0331 e. The van der Waals surface area contributed by atoms with Crippen molar-refractivity contribution in [1.82, 2.24) is 0 Å². The van der Waals surface area contributed by atoms with E-state index in [1.54, 1.807) is 70.6 Å². The largest absolute Gasteiger partial charge is 0.0622 e. The van der Waals surface area contributed by atoms with Gasteiger partial charge in [-0.2, -0.15) is 0 Å². The molecule has 0 nitrogen and oxygen atoms in total. The highest BCUT2D eigenvalue weighted by atomic mass is 14.6. The van der Waals surface area contributed by atoms with Crippen LogP contribution in [0.1, 0.15) is 77.6 Å². The van der Waals surface area contributed by atoms with Crippen LogP contribution in [0.3, 0.4) is 0 Å². The second kappa shape index (κ2) is 5.01. The van der Waals surface area contributed by atoms with Crippen molar-refractivity contribution < 1.29 is 0 Å². The van der Waals surface area contributed by atoms with Crippen molar-refractivity contribution >= 4 is 0 Å². The number of hydrogen-bond donors (Lipinski definition) is 0. The van der Waals surface area contributed by atoms with Gasteiger partial charge in [0.15, 0.2) is 0 Å². The van der Waals surface area contributed by atoms with Gasteiger partial charge in [0.1, 0.15) is 0 Å². The minimum absolute atomic E-state index is 1.05. The summed E-state index contributed by atoms with van der Waals surface area (Å²) in [6.07, 6.45) is 17.9. The van der Waals surface area contributed by atoms with Crippen LogP contribution in [0.5, 0.6) is 0 Å². The third kappa shape index (κ3) is 2.15. The van der Waals surface area contributed by atoms with Gasteiger partial charge in [-0.15, -0.1) is 0 Å². The van der Waals surface area contributed by atoms with Gasteiger partial charge < -0.3 is 0 Å². The second-order valence-corrected chi connectivity index (χ2v) is 11.3. The molecule has 0 aromatic heterocycles. The lowest BCUT2D eigenvalue weighted by Crippen LogP contribution is -2.49. The first-order chi connectivity index (χ1) is 11.2. The minimum atomic E-state index is 1.05. The lowest BCUT2D eigenvalue weighted by atomic mass is 9.47. The quantitative estimate of drug-likeness (QED) is 0.585. The van der Waals surface area contributed by atoms with Crippen molar-refractivity contribution in [2.75, 3.05) is 0 Å². The molecule has 0 radical (unpaired) electrons. The molecule has 0 spiro atoms. The van der Waals surface area contributed by atoms with Gasteiger partial charge in [-0.25, -0.2) is 0 Å². The fourth-order valence-electron chi connectivity index (χ4n) is 9.91. The maximum absolute atomic E-state index is 2.69. The Morgan fingerprint density at radius 2 is 0.957 bits per heavy atom. The van der Waals surface area contributed by atoms with E-state index in [1.807, 2.05) is 0 Å². The van der Waals surface area contributed by atoms with Gasteiger partial charge in [-0.3, -0.25) is 0 Å². The van der Waals surface area contributed by atoms with Crippen LogP contribution in [0.15, 0.2) is 0 Å². The SMILES string of the molecule is CC(CC1C2CC3CC(C2)CC1C3)C1C2CC3CC(C2)CC1C3. The fourth-order valence-corrected chi connectivity index (χ4v) is 9.91. The van der Waals surface area contributed by atoms with Crippen LogP contribution in [0.2, 0.25) is 0 Å². The molecule has 0 heterocycles. The summed E-state index contributed by atoms with van der Waals surface area (Å²) in [5.41, 5.74) is 0. The van der Waals surface area contributed by atoms with Gasteiger partial charge >= 0.3 is 0 Å². The summed E-state index contributed by atoms with van der Waals surface area (Å²) in [4.78, 5) is 0. The molecule has 8 rings (SSSR count). The van der Waals surface area contributed by atoms with Crippen LogP contribution in [-0.4, -0.2) is 0 Å². The smallest absolute Gasteiger partial charge is 0.0331 e. The molecule has 8 fully saturated rings. The predicted molar refractivity (Wildman–Crippen MR) is 94.9 cm³/mol. The van der Waals surface area contributed by atoms with Crippen LogP contribution < -0.4 is 0 Å². The maximum atomic E-state index is 2.69. The number of rotatable bonds is 3. The van der Waals surface area contributed by atoms with Gasteiger partial charge in [0.25, 0.3) is 0 Å². The Kier molecular flexibility index (Phi) is 3.09. The topological polar surface area (TPSA) is 0 Å². The van der Waals surface area contributed by atoms with E-state index < -0.39 is 0 Å². The molecule has 0 aromatic rings. The van der Waals surface area contributed by atoms with Gasteiger partial charge in [0, 0.05) is 0 Å². The monoisotopic (exact) mass is 312 g/mol. The van der Waals surface area contributed by atoms with E-state index in [2.05, 4.69) is 6.92 Å². The molecule has 1 unspecified atom stereocenters. The lowest BCUT2D eigenvalue weighted by Gasteiger charge is -2.58.